The molecule has 0 aliphatic rings. The normalized spacial score (nSPS) is 11.8. The molecular formula is C8H10N4O4S. The van der Waals surface area contributed by atoms with Crippen LogP contribution in [0.1, 0.15) is 23.3 Å². The third-order valence-electron chi connectivity index (χ3n) is 1.88. The fourth-order valence-electron chi connectivity index (χ4n) is 1.04. The molecule has 0 fully saturated rings. The van der Waals surface area contributed by atoms with E-state index in [0.717, 1.165) is 11.5 Å². The highest BCUT2D eigenvalue weighted by Gasteiger charge is 2.22. The van der Waals surface area contributed by atoms with Crippen molar-refractivity contribution >= 4 is 29.3 Å². The maximum absolute atomic E-state index is 11.5. The van der Waals surface area contributed by atoms with Gasteiger partial charge < -0.3 is 16.2 Å². The van der Waals surface area contributed by atoms with Gasteiger partial charge in [-0.1, -0.05) is 4.49 Å². The first-order valence-corrected chi connectivity index (χ1v) is 5.43. The number of carbonyl (C=O) groups excluding carboxylic acids is 2. The standard InChI is InChI=1S/C8H10N4O4S/c9-6(13)2-1-4(8(15)16)10-7(14)5-3-17-12-11-5/h3-4H,1-2H2,(H2,9,13)(H,10,14)(H,15,16)/t4-/m0/s1. The van der Waals surface area contributed by atoms with Crippen LogP contribution in [-0.2, 0) is 9.59 Å². The van der Waals surface area contributed by atoms with E-state index in [9.17, 15) is 14.4 Å². The SMILES string of the molecule is NC(=O)CC[C@H](NC(=O)c1csnn1)C(=O)O. The van der Waals surface area contributed by atoms with Crippen LogP contribution < -0.4 is 11.1 Å². The smallest absolute Gasteiger partial charge is 0.326 e. The summed E-state index contributed by atoms with van der Waals surface area (Å²) >= 11 is 0.978. The largest absolute Gasteiger partial charge is 0.480 e. The summed E-state index contributed by atoms with van der Waals surface area (Å²) in [6.07, 6.45) is -0.180. The van der Waals surface area contributed by atoms with Gasteiger partial charge in [0.15, 0.2) is 5.69 Å². The van der Waals surface area contributed by atoms with Gasteiger partial charge in [-0.05, 0) is 18.0 Å². The molecule has 1 rings (SSSR count). The van der Waals surface area contributed by atoms with Gasteiger partial charge in [0.1, 0.15) is 6.04 Å². The Bertz CT molecular complexity index is 419. The summed E-state index contributed by atoms with van der Waals surface area (Å²) in [4.78, 5) is 32.8. The Kier molecular flexibility index (Phi) is 4.52. The molecule has 0 aromatic carbocycles. The topological polar surface area (TPSA) is 135 Å². The van der Waals surface area contributed by atoms with Crippen molar-refractivity contribution in [2.45, 2.75) is 18.9 Å². The van der Waals surface area contributed by atoms with Gasteiger partial charge in [0.25, 0.3) is 5.91 Å². The van der Waals surface area contributed by atoms with E-state index < -0.39 is 23.8 Å². The van der Waals surface area contributed by atoms with Crippen LogP contribution in [0.25, 0.3) is 0 Å². The van der Waals surface area contributed by atoms with E-state index in [1.807, 2.05) is 0 Å². The molecule has 0 aliphatic heterocycles. The molecule has 0 unspecified atom stereocenters. The molecule has 1 aromatic heterocycles. The second-order valence-electron chi connectivity index (χ2n) is 3.16. The second-order valence-corrected chi connectivity index (χ2v) is 3.77. The zero-order valence-corrected chi connectivity index (χ0v) is 9.44. The van der Waals surface area contributed by atoms with E-state index >= 15 is 0 Å². The lowest BCUT2D eigenvalue weighted by Gasteiger charge is -2.12. The molecule has 9 heteroatoms. The van der Waals surface area contributed by atoms with Gasteiger partial charge in [0.05, 0.1) is 0 Å². The number of amides is 2. The van der Waals surface area contributed by atoms with Gasteiger partial charge in [-0.2, -0.15) is 0 Å². The van der Waals surface area contributed by atoms with Crippen molar-refractivity contribution in [3.05, 3.63) is 11.1 Å². The quantitative estimate of drug-likeness (QED) is 0.598. The van der Waals surface area contributed by atoms with Crippen molar-refractivity contribution in [3.8, 4) is 0 Å². The lowest BCUT2D eigenvalue weighted by molar-refractivity contribution is -0.139. The number of nitrogens with zero attached hydrogens (tertiary/aromatic N) is 2. The molecule has 0 radical (unpaired) electrons. The Labute approximate surface area is 100.0 Å². The minimum absolute atomic E-state index is 0.0420. The van der Waals surface area contributed by atoms with Gasteiger partial charge in [-0.25, -0.2) is 4.79 Å². The summed E-state index contributed by atoms with van der Waals surface area (Å²) in [5, 5.41) is 16.0. The fraction of sp³-hybridized carbons (Fsp3) is 0.375. The summed E-state index contributed by atoms with van der Waals surface area (Å²) in [6.45, 7) is 0. The number of carbonyl (C=O) groups is 3. The number of primary amides is 1. The molecule has 0 spiro atoms. The molecule has 1 aromatic rings. The first-order chi connectivity index (χ1) is 8.00. The Hall–Kier alpha value is -2.03. The number of rotatable bonds is 6. The number of carboxylic acid groups (broad SMARTS) is 1. The van der Waals surface area contributed by atoms with E-state index in [1.54, 1.807) is 0 Å². The van der Waals surface area contributed by atoms with E-state index in [4.69, 9.17) is 10.8 Å². The van der Waals surface area contributed by atoms with Gasteiger partial charge in [-0.3, -0.25) is 9.59 Å². The first-order valence-electron chi connectivity index (χ1n) is 4.59. The molecule has 0 saturated carbocycles. The van der Waals surface area contributed by atoms with Gasteiger partial charge in [0.2, 0.25) is 5.91 Å². The van der Waals surface area contributed by atoms with E-state index in [0.29, 0.717) is 0 Å². The number of hydrogen-bond acceptors (Lipinski definition) is 6. The van der Waals surface area contributed by atoms with Crippen LogP contribution in [0, 0.1) is 0 Å². The number of hydrogen-bond donors (Lipinski definition) is 3. The molecule has 0 aliphatic carbocycles. The van der Waals surface area contributed by atoms with Crippen molar-refractivity contribution in [1.82, 2.24) is 14.9 Å². The van der Waals surface area contributed by atoms with Gasteiger partial charge in [0, 0.05) is 11.8 Å². The Morgan fingerprint density at radius 1 is 1.53 bits per heavy atom. The molecule has 17 heavy (non-hydrogen) atoms. The first kappa shape index (κ1) is 13.0. The molecule has 92 valence electrons. The predicted molar refractivity (Wildman–Crippen MR) is 57.2 cm³/mol. The van der Waals surface area contributed by atoms with Crippen LogP contribution in [0.3, 0.4) is 0 Å². The van der Waals surface area contributed by atoms with E-state index in [2.05, 4.69) is 14.9 Å². The summed E-state index contributed by atoms with van der Waals surface area (Å²) in [7, 11) is 0. The van der Waals surface area contributed by atoms with Crippen LogP contribution in [0.15, 0.2) is 5.38 Å². The second kappa shape index (κ2) is 5.89. The third-order valence-corrected chi connectivity index (χ3v) is 2.38. The van der Waals surface area contributed by atoms with Crippen LogP contribution in [0.5, 0.6) is 0 Å². The molecule has 1 atom stereocenters. The minimum Gasteiger partial charge on any atom is -0.480 e. The highest BCUT2D eigenvalue weighted by Crippen LogP contribution is 2.01. The minimum atomic E-state index is -1.23. The number of aliphatic carboxylic acids is 1. The Balaban J connectivity index is 2.58. The average molecular weight is 258 g/mol. The highest BCUT2D eigenvalue weighted by atomic mass is 32.1. The van der Waals surface area contributed by atoms with Crippen LogP contribution >= 0.6 is 11.5 Å². The summed E-state index contributed by atoms with van der Waals surface area (Å²) in [5.74, 6) is -2.50. The third kappa shape index (κ3) is 4.15. The average Bonchev–Trinajstić information content (AvgIpc) is 2.76. The number of nitrogens with two attached hydrogens (primary N) is 1. The zero-order valence-electron chi connectivity index (χ0n) is 8.62. The fourth-order valence-corrected chi connectivity index (χ4v) is 1.48. The van der Waals surface area contributed by atoms with Crippen molar-refractivity contribution in [1.29, 1.82) is 0 Å². The van der Waals surface area contributed by atoms with Crippen molar-refractivity contribution in [2.24, 2.45) is 5.73 Å². The van der Waals surface area contributed by atoms with Crippen molar-refractivity contribution in [3.63, 3.8) is 0 Å². The molecular weight excluding hydrogens is 248 g/mol. The monoisotopic (exact) mass is 258 g/mol. The van der Waals surface area contributed by atoms with E-state index in [1.165, 1.54) is 5.38 Å². The van der Waals surface area contributed by atoms with Crippen LogP contribution in [-0.4, -0.2) is 38.5 Å². The van der Waals surface area contributed by atoms with Crippen LogP contribution in [0.2, 0.25) is 0 Å². The predicted octanol–water partition coefficient (Wildman–Crippen LogP) is -1.01. The summed E-state index contributed by atoms with van der Waals surface area (Å²) < 4.78 is 3.48. The maximum atomic E-state index is 11.5. The Morgan fingerprint density at radius 2 is 2.24 bits per heavy atom. The van der Waals surface area contributed by atoms with Crippen LogP contribution in [0.4, 0.5) is 0 Å². The molecule has 1 heterocycles. The molecule has 0 saturated heterocycles. The maximum Gasteiger partial charge on any atom is 0.326 e. The summed E-state index contributed by atoms with van der Waals surface area (Å²) in [5.41, 5.74) is 4.94. The molecule has 4 N–H and O–H groups in total. The molecule has 0 bridgehead atoms. The Morgan fingerprint density at radius 3 is 2.71 bits per heavy atom. The lowest BCUT2D eigenvalue weighted by Crippen LogP contribution is -2.41. The van der Waals surface area contributed by atoms with Gasteiger partial charge >= 0.3 is 5.97 Å². The number of aromatic nitrogens is 2. The lowest BCUT2D eigenvalue weighted by atomic mass is 10.1. The number of carboxylic acids is 1. The van der Waals surface area contributed by atoms with Crippen molar-refractivity contribution in [2.75, 3.05) is 0 Å². The van der Waals surface area contributed by atoms with Crippen molar-refractivity contribution < 1.29 is 19.5 Å². The molecule has 2 amide bonds. The zero-order chi connectivity index (χ0) is 12.8. The number of nitrogens with one attached hydrogen (secondary N) is 1. The molecule has 8 nitrogen and oxygen atoms in total. The van der Waals surface area contributed by atoms with E-state index in [-0.39, 0.29) is 18.5 Å². The highest BCUT2D eigenvalue weighted by molar-refractivity contribution is 7.03. The summed E-state index contributed by atoms with van der Waals surface area (Å²) in [6, 6.07) is -1.17. The van der Waals surface area contributed by atoms with Gasteiger partial charge in [-0.15, -0.1) is 5.10 Å².